The molecule has 33 heavy (non-hydrogen) atoms. The topological polar surface area (TPSA) is 67.6 Å². The lowest BCUT2D eigenvalue weighted by atomic mass is 9.99. The molecule has 1 atom stereocenters. The zero-order valence-corrected chi connectivity index (χ0v) is 20.3. The molecule has 3 aromatic rings. The van der Waals surface area contributed by atoms with Gasteiger partial charge in [0, 0.05) is 30.3 Å². The molecule has 0 N–H and O–H groups in total. The number of fused-ring (bicyclic) bond motifs is 2. The molecular weight excluding hydrogens is 432 g/mol. The van der Waals surface area contributed by atoms with E-state index < -0.39 is 10.0 Å². The molecule has 172 valence electrons. The number of benzene rings is 1. The summed E-state index contributed by atoms with van der Waals surface area (Å²) in [5.74, 6) is 0.0961. The summed E-state index contributed by atoms with van der Waals surface area (Å²) in [5, 5.41) is 7.11. The summed E-state index contributed by atoms with van der Waals surface area (Å²) >= 11 is 0. The molecule has 7 heteroatoms. The lowest BCUT2D eigenvalue weighted by molar-refractivity contribution is 0.477. The maximum absolute atomic E-state index is 12.0. The van der Waals surface area contributed by atoms with Gasteiger partial charge in [0.15, 0.2) is 5.65 Å². The number of hydrogen-bond donors (Lipinski definition) is 0. The van der Waals surface area contributed by atoms with Gasteiger partial charge in [0.25, 0.3) is 0 Å². The first-order valence-electron chi connectivity index (χ1n) is 11.6. The summed E-state index contributed by atoms with van der Waals surface area (Å²) in [7, 11) is -3.19. The van der Waals surface area contributed by atoms with Gasteiger partial charge < -0.3 is 0 Å². The van der Waals surface area contributed by atoms with E-state index in [2.05, 4.69) is 61.4 Å². The van der Waals surface area contributed by atoms with Crippen LogP contribution in [0.4, 0.5) is 0 Å². The minimum atomic E-state index is -3.19. The highest BCUT2D eigenvalue weighted by Crippen LogP contribution is 2.32. The van der Waals surface area contributed by atoms with E-state index in [4.69, 9.17) is 4.98 Å². The SMILES string of the molecule is Cc1c(C2CCN(S(C)(=O)=O)C2)nc2c(-c3ccc4c(c3)=CC=CCCCC=4)cnn2c1C. The predicted molar refractivity (Wildman–Crippen MR) is 133 cm³/mol. The third-order valence-electron chi connectivity index (χ3n) is 6.97. The van der Waals surface area contributed by atoms with E-state index >= 15 is 0 Å². The minimum absolute atomic E-state index is 0.0961. The van der Waals surface area contributed by atoms with Crippen molar-refractivity contribution in [1.82, 2.24) is 18.9 Å². The molecule has 0 spiro atoms. The zero-order chi connectivity index (χ0) is 23.2. The van der Waals surface area contributed by atoms with Crippen molar-refractivity contribution in [2.24, 2.45) is 0 Å². The molecule has 5 rings (SSSR count). The molecule has 0 bridgehead atoms. The smallest absolute Gasteiger partial charge is 0.211 e. The molecule has 0 saturated carbocycles. The van der Waals surface area contributed by atoms with Gasteiger partial charge in [-0.1, -0.05) is 36.4 Å². The van der Waals surface area contributed by atoms with Gasteiger partial charge in [0.1, 0.15) is 0 Å². The van der Waals surface area contributed by atoms with E-state index in [0.29, 0.717) is 13.1 Å². The third kappa shape index (κ3) is 4.15. The molecule has 1 fully saturated rings. The first-order valence-corrected chi connectivity index (χ1v) is 13.4. The van der Waals surface area contributed by atoms with E-state index in [9.17, 15) is 8.42 Å². The molecule has 0 amide bonds. The Balaban J connectivity index is 1.62. The molecule has 2 aromatic heterocycles. The van der Waals surface area contributed by atoms with Crippen LogP contribution in [0.2, 0.25) is 0 Å². The minimum Gasteiger partial charge on any atom is -0.232 e. The van der Waals surface area contributed by atoms with Gasteiger partial charge in [0.05, 0.1) is 18.1 Å². The van der Waals surface area contributed by atoms with Crippen molar-refractivity contribution >= 4 is 27.8 Å². The normalized spacial score (nSPS) is 19.4. The Hall–Kier alpha value is -2.77. The molecule has 0 radical (unpaired) electrons. The standard InChI is InChI=1S/C26H30N4O2S/c1-18-19(2)30-26(28-25(18)23-13-14-29(17-23)33(3,31)32)24(16-27-30)22-12-11-20-9-7-5-4-6-8-10-21(20)15-22/h6,8-12,15-16,23H,4-5,7,13-14,17H2,1-3H3. The lowest BCUT2D eigenvalue weighted by Gasteiger charge is -2.17. The van der Waals surface area contributed by atoms with Gasteiger partial charge in [-0.25, -0.2) is 22.2 Å². The Kier molecular flexibility index (Phi) is 5.70. The van der Waals surface area contributed by atoms with Crippen LogP contribution >= 0.6 is 0 Å². The largest absolute Gasteiger partial charge is 0.232 e. The van der Waals surface area contributed by atoms with Crippen LogP contribution in [0.1, 0.15) is 48.6 Å². The summed E-state index contributed by atoms with van der Waals surface area (Å²) in [6, 6.07) is 6.56. The maximum Gasteiger partial charge on any atom is 0.211 e. The summed E-state index contributed by atoms with van der Waals surface area (Å²) in [6.45, 7) is 5.16. The molecule has 3 heterocycles. The molecule has 1 aromatic carbocycles. The third-order valence-corrected chi connectivity index (χ3v) is 8.24. The molecule has 1 unspecified atom stereocenters. The van der Waals surface area contributed by atoms with Crippen molar-refractivity contribution in [2.75, 3.05) is 19.3 Å². The van der Waals surface area contributed by atoms with Crippen LogP contribution in [0.5, 0.6) is 0 Å². The Morgan fingerprint density at radius 3 is 2.76 bits per heavy atom. The lowest BCUT2D eigenvalue weighted by Crippen LogP contribution is -2.27. The number of allylic oxidation sites excluding steroid dienone is 2. The van der Waals surface area contributed by atoms with E-state index in [1.54, 1.807) is 4.31 Å². The van der Waals surface area contributed by atoms with Gasteiger partial charge in [0.2, 0.25) is 10.0 Å². The quantitative estimate of drug-likeness (QED) is 0.600. The number of aromatic nitrogens is 3. The van der Waals surface area contributed by atoms with E-state index in [1.807, 2.05) is 10.7 Å². The van der Waals surface area contributed by atoms with Gasteiger partial charge >= 0.3 is 0 Å². The van der Waals surface area contributed by atoms with Crippen molar-refractivity contribution < 1.29 is 8.42 Å². The van der Waals surface area contributed by atoms with Crippen LogP contribution in [-0.2, 0) is 10.0 Å². The average molecular weight is 463 g/mol. The summed E-state index contributed by atoms with van der Waals surface area (Å²) < 4.78 is 27.6. The highest BCUT2D eigenvalue weighted by atomic mass is 32.2. The summed E-state index contributed by atoms with van der Waals surface area (Å²) in [5.41, 5.74) is 6.03. The van der Waals surface area contributed by atoms with Crippen molar-refractivity contribution in [2.45, 2.75) is 45.4 Å². The van der Waals surface area contributed by atoms with Crippen LogP contribution in [0.25, 0.3) is 28.9 Å². The van der Waals surface area contributed by atoms with Crippen molar-refractivity contribution in [1.29, 1.82) is 0 Å². The zero-order valence-electron chi connectivity index (χ0n) is 19.5. The van der Waals surface area contributed by atoms with Crippen molar-refractivity contribution in [3.8, 4) is 11.1 Å². The Labute approximate surface area is 195 Å². The maximum atomic E-state index is 12.0. The number of aryl methyl sites for hydroxylation is 1. The van der Waals surface area contributed by atoms with Gasteiger partial charge in [-0.05, 0) is 67.2 Å². The molecule has 1 aliphatic heterocycles. The Bertz CT molecular complexity index is 1480. The number of sulfonamides is 1. The number of hydrogen-bond acceptors (Lipinski definition) is 4. The first kappa shape index (κ1) is 22.0. The molecule has 1 aliphatic carbocycles. The van der Waals surface area contributed by atoms with Gasteiger partial charge in [-0.15, -0.1) is 0 Å². The number of nitrogens with zero attached hydrogens (tertiary/aromatic N) is 4. The highest BCUT2D eigenvalue weighted by Gasteiger charge is 2.32. The molecular formula is C26H30N4O2S. The second kappa shape index (κ2) is 8.54. The highest BCUT2D eigenvalue weighted by molar-refractivity contribution is 7.88. The molecule has 6 nitrogen and oxygen atoms in total. The van der Waals surface area contributed by atoms with E-state index in [-0.39, 0.29) is 5.92 Å². The summed E-state index contributed by atoms with van der Waals surface area (Å²) in [6.07, 6.45) is 16.2. The van der Waals surface area contributed by atoms with Gasteiger partial charge in [-0.3, -0.25) is 0 Å². The monoisotopic (exact) mass is 462 g/mol. The van der Waals surface area contributed by atoms with E-state index in [0.717, 1.165) is 53.0 Å². The first-order chi connectivity index (χ1) is 15.8. The van der Waals surface area contributed by atoms with Crippen molar-refractivity contribution in [3.63, 3.8) is 0 Å². The van der Waals surface area contributed by atoms with Gasteiger partial charge in [-0.2, -0.15) is 5.10 Å². The Morgan fingerprint density at radius 2 is 1.97 bits per heavy atom. The second-order valence-corrected chi connectivity index (χ2v) is 11.2. The van der Waals surface area contributed by atoms with E-state index in [1.165, 1.54) is 23.1 Å². The van der Waals surface area contributed by atoms with Crippen LogP contribution < -0.4 is 10.4 Å². The molecule has 2 aliphatic rings. The number of rotatable bonds is 3. The average Bonchev–Trinajstić information content (AvgIpc) is 3.44. The summed E-state index contributed by atoms with van der Waals surface area (Å²) in [4.78, 5) is 5.08. The van der Waals surface area contributed by atoms with Crippen LogP contribution in [0.15, 0.2) is 36.5 Å². The fourth-order valence-electron chi connectivity index (χ4n) is 4.92. The molecule has 1 saturated heterocycles. The fraction of sp³-hybridized carbons (Fsp3) is 0.385. The van der Waals surface area contributed by atoms with Crippen molar-refractivity contribution in [3.05, 3.63) is 63.9 Å². The van der Waals surface area contributed by atoms with Crippen LogP contribution in [0, 0.1) is 13.8 Å². The second-order valence-electron chi connectivity index (χ2n) is 9.18. The van der Waals surface area contributed by atoms with Crippen LogP contribution in [-0.4, -0.2) is 46.7 Å². The predicted octanol–water partition coefficient (Wildman–Crippen LogP) is 3.06. The Morgan fingerprint density at radius 1 is 1.12 bits per heavy atom. The van der Waals surface area contributed by atoms with Crippen LogP contribution in [0.3, 0.4) is 0 Å². The fourth-order valence-corrected chi connectivity index (χ4v) is 5.81.